The third kappa shape index (κ3) is 3.55. The van der Waals surface area contributed by atoms with Crippen molar-refractivity contribution in [2.24, 2.45) is 7.05 Å². The second-order valence-corrected chi connectivity index (χ2v) is 9.84. The van der Waals surface area contributed by atoms with Crippen LogP contribution in [0.4, 0.5) is 0 Å². The van der Waals surface area contributed by atoms with E-state index in [4.69, 9.17) is 4.74 Å². The van der Waals surface area contributed by atoms with E-state index in [1.807, 2.05) is 42.6 Å². The minimum atomic E-state index is 0.782. The molecule has 0 aliphatic heterocycles. The summed E-state index contributed by atoms with van der Waals surface area (Å²) in [5.74, 6) is 2.45. The van der Waals surface area contributed by atoms with E-state index in [-0.39, 0.29) is 0 Å². The van der Waals surface area contributed by atoms with Gasteiger partial charge in [0, 0.05) is 29.1 Å². The van der Waals surface area contributed by atoms with Crippen molar-refractivity contribution in [3.8, 4) is 23.0 Å². The van der Waals surface area contributed by atoms with Gasteiger partial charge in [0.25, 0.3) is 0 Å². The van der Waals surface area contributed by atoms with Crippen LogP contribution < -0.4 is 9.30 Å². The normalized spacial score (nSPS) is 11.6. The highest BCUT2D eigenvalue weighted by Gasteiger charge is 2.18. The van der Waals surface area contributed by atoms with Crippen molar-refractivity contribution < 1.29 is 9.30 Å². The van der Waals surface area contributed by atoms with E-state index in [1.165, 1.54) is 32.9 Å². The number of para-hydroxylation sites is 1. The Morgan fingerprint density at radius 3 is 2.34 bits per heavy atom. The van der Waals surface area contributed by atoms with E-state index in [0.717, 1.165) is 34.0 Å². The first-order chi connectivity index (χ1) is 18.6. The zero-order chi connectivity index (χ0) is 25.8. The molecule has 7 rings (SSSR count). The Balaban J connectivity index is 1.32. The minimum Gasteiger partial charge on any atom is -0.457 e. The summed E-state index contributed by atoms with van der Waals surface area (Å²) in [6, 6.07) is 33.5. The van der Waals surface area contributed by atoms with Crippen molar-refractivity contribution in [3.63, 3.8) is 0 Å². The second-order valence-electron chi connectivity index (χ2n) is 9.84. The van der Waals surface area contributed by atoms with E-state index in [9.17, 15) is 0 Å². The first-order valence-electron chi connectivity index (χ1n) is 12.8. The maximum absolute atomic E-state index is 6.44. The van der Waals surface area contributed by atoms with Gasteiger partial charge in [-0.25, -0.2) is 9.55 Å². The fourth-order valence-corrected chi connectivity index (χ4v) is 5.34. The van der Waals surface area contributed by atoms with Crippen molar-refractivity contribution in [2.75, 3.05) is 0 Å². The summed E-state index contributed by atoms with van der Waals surface area (Å²) in [4.78, 5) is 4.64. The monoisotopic (exact) mass is 495 g/mol. The Morgan fingerprint density at radius 2 is 1.47 bits per heavy atom. The molecule has 0 aliphatic rings. The van der Waals surface area contributed by atoms with Crippen molar-refractivity contribution in [1.29, 1.82) is 0 Å². The van der Waals surface area contributed by atoms with Crippen LogP contribution in [0.2, 0.25) is 0 Å². The molecule has 0 atom stereocenters. The van der Waals surface area contributed by atoms with Gasteiger partial charge >= 0.3 is 0 Å². The molecule has 0 saturated carbocycles. The molecule has 0 amide bonds. The molecule has 184 valence electrons. The zero-order valence-corrected chi connectivity index (χ0v) is 21.6. The molecule has 0 aliphatic carbocycles. The van der Waals surface area contributed by atoms with Gasteiger partial charge in [-0.3, -0.25) is 4.57 Å². The third-order valence-corrected chi connectivity index (χ3v) is 7.37. The lowest BCUT2D eigenvalue weighted by atomic mass is 10.1. The molecule has 0 N–H and O–H groups in total. The van der Waals surface area contributed by atoms with Crippen molar-refractivity contribution in [1.82, 2.24) is 14.1 Å². The van der Waals surface area contributed by atoms with Gasteiger partial charge in [-0.2, -0.15) is 4.57 Å². The maximum atomic E-state index is 6.44. The standard InChI is InChI=1S/C33H27N4O/c1-22-17-31-32(18-23(22)2)36(21-35(31)3)24-9-8-10-25(19-24)38-26-14-15-28-27-11-4-5-12-29(27)37(30(28)20-26)33-13-6-7-16-34-33/h4-21H,1-3H3/q+1. The summed E-state index contributed by atoms with van der Waals surface area (Å²) in [6.07, 6.45) is 3.95. The van der Waals surface area contributed by atoms with Crippen LogP contribution in [0.5, 0.6) is 11.5 Å². The first kappa shape index (κ1) is 22.3. The molecule has 0 fully saturated rings. The second kappa shape index (κ2) is 8.60. The summed E-state index contributed by atoms with van der Waals surface area (Å²) in [5.41, 5.74) is 8.19. The Morgan fingerprint density at radius 1 is 0.684 bits per heavy atom. The number of aryl methyl sites for hydroxylation is 3. The van der Waals surface area contributed by atoms with Gasteiger partial charge < -0.3 is 4.74 Å². The average molecular weight is 496 g/mol. The van der Waals surface area contributed by atoms with Crippen LogP contribution >= 0.6 is 0 Å². The Bertz CT molecular complexity index is 1980. The van der Waals surface area contributed by atoms with E-state index < -0.39 is 0 Å². The highest BCUT2D eigenvalue weighted by atomic mass is 16.5. The molecule has 7 aromatic rings. The molecule has 3 heterocycles. The summed E-state index contributed by atoms with van der Waals surface area (Å²) in [7, 11) is 2.09. The fraction of sp³-hybridized carbons (Fsp3) is 0.0909. The van der Waals surface area contributed by atoms with Crippen molar-refractivity contribution in [2.45, 2.75) is 13.8 Å². The number of hydrogen-bond donors (Lipinski definition) is 0. The zero-order valence-electron chi connectivity index (χ0n) is 21.6. The number of hydrogen-bond acceptors (Lipinski definition) is 2. The molecule has 3 aromatic heterocycles. The Labute approximate surface area is 220 Å². The van der Waals surface area contributed by atoms with Crippen LogP contribution in [0.1, 0.15) is 11.1 Å². The van der Waals surface area contributed by atoms with E-state index in [2.05, 4.69) is 107 Å². The van der Waals surface area contributed by atoms with Gasteiger partial charge in [-0.15, -0.1) is 0 Å². The third-order valence-electron chi connectivity index (χ3n) is 7.37. The lowest BCUT2D eigenvalue weighted by molar-refractivity contribution is -0.645. The predicted octanol–water partition coefficient (Wildman–Crippen LogP) is 7.36. The predicted molar refractivity (Wildman–Crippen MR) is 153 cm³/mol. The molecule has 5 nitrogen and oxygen atoms in total. The van der Waals surface area contributed by atoms with Crippen LogP contribution in [0, 0.1) is 13.8 Å². The lowest BCUT2D eigenvalue weighted by Crippen LogP contribution is -2.25. The van der Waals surface area contributed by atoms with E-state index in [1.54, 1.807) is 0 Å². The summed E-state index contributed by atoms with van der Waals surface area (Å²) < 4.78 is 13.0. The number of fused-ring (bicyclic) bond motifs is 4. The van der Waals surface area contributed by atoms with E-state index >= 15 is 0 Å². The van der Waals surface area contributed by atoms with Gasteiger partial charge in [-0.1, -0.05) is 30.3 Å². The summed E-state index contributed by atoms with van der Waals surface area (Å²) in [6.45, 7) is 4.32. The van der Waals surface area contributed by atoms with E-state index in [0.29, 0.717) is 0 Å². The fourth-order valence-electron chi connectivity index (χ4n) is 5.34. The molecule has 4 aromatic carbocycles. The molecule has 0 saturated heterocycles. The molecule has 0 unspecified atom stereocenters. The van der Waals surface area contributed by atoms with Crippen LogP contribution in [0.3, 0.4) is 0 Å². The smallest absolute Gasteiger partial charge is 0.249 e. The van der Waals surface area contributed by atoms with Crippen LogP contribution in [0.25, 0.3) is 44.3 Å². The molecule has 5 heteroatoms. The highest BCUT2D eigenvalue weighted by Crippen LogP contribution is 2.35. The molecular weight excluding hydrogens is 468 g/mol. The molecule has 38 heavy (non-hydrogen) atoms. The highest BCUT2D eigenvalue weighted by molar-refractivity contribution is 6.09. The lowest BCUT2D eigenvalue weighted by Gasteiger charge is -2.09. The van der Waals surface area contributed by atoms with Gasteiger partial charge in [0.2, 0.25) is 6.33 Å². The number of nitrogens with zero attached hydrogens (tertiary/aromatic N) is 4. The Hall–Kier alpha value is -4.90. The van der Waals surface area contributed by atoms with Gasteiger partial charge in [0.05, 0.1) is 18.1 Å². The first-order valence-corrected chi connectivity index (χ1v) is 12.8. The van der Waals surface area contributed by atoms with Crippen molar-refractivity contribution >= 4 is 32.8 Å². The number of pyridine rings is 1. The SMILES string of the molecule is Cc1cc2c(cc1C)[n+](C)cn2-c1cccc(Oc2ccc3c4ccccc4n(-c4ccccn4)c3c2)c1. The van der Waals surface area contributed by atoms with Gasteiger partial charge in [0.1, 0.15) is 23.0 Å². The average Bonchev–Trinajstić information content (AvgIpc) is 3.43. The van der Waals surface area contributed by atoms with Gasteiger partial charge in [0.15, 0.2) is 11.0 Å². The number of rotatable bonds is 4. The quantitative estimate of drug-likeness (QED) is 0.239. The van der Waals surface area contributed by atoms with Crippen LogP contribution in [-0.4, -0.2) is 14.1 Å². The Kier molecular flexibility index (Phi) is 5.05. The maximum Gasteiger partial charge on any atom is 0.249 e. The van der Waals surface area contributed by atoms with Crippen molar-refractivity contribution in [3.05, 3.63) is 121 Å². The molecular formula is C33H27N4O+. The number of ether oxygens (including phenoxy) is 1. The largest absolute Gasteiger partial charge is 0.457 e. The summed E-state index contributed by atoms with van der Waals surface area (Å²) in [5, 5.41) is 2.36. The molecule has 0 radical (unpaired) electrons. The van der Waals surface area contributed by atoms with Gasteiger partial charge in [-0.05, 0) is 79.6 Å². The summed E-state index contributed by atoms with van der Waals surface area (Å²) >= 11 is 0. The van der Waals surface area contributed by atoms with Crippen LogP contribution in [-0.2, 0) is 7.05 Å². The topological polar surface area (TPSA) is 35.9 Å². The molecule has 0 bridgehead atoms. The number of aromatic nitrogens is 4. The van der Waals surface area contributed by atoms with Crippen LogP contribution in [0.15, 0.2) is 110 Å². The minimum absolute atomic E-state index is 0.782. The number of benzene rings is 4. The number of imidazole rings is 1. The molecule has 0 spiro atoms.